The van der Waals surface area contributed by atoms with Crippen molar-refractivity contribution in [2.24, 2.45) is 5.92 Å². The molecule has 0 radical (unpaired) electrons. The van der Waals surface area contributed by atoms with Gasteiger partial charge in [0.15, 0.2) is 0 Å². The summed E-state index contributed by atoms with van der Waals surface area (Å²) in [7, 11) is 3.12. The van der Waals surface area contributed by atoms with Crippen molar-refractivity contribution in [2.75, 3.05) is 14.2 Å². The summed E-state index contributed by atoms with van der Waals surface area (Å²) in [6, 6.07) is 9.20. The summed E-state index contributed by atoms with van der Waals surface area (Å²) in [4.78, 5) is 0. The molecular weight excluding hydrogens is 204 g/mol. The molecular formula is C12H12N2O2. The predicted octanol–water partition coefficient (Wildman–Crippen LogP) is 1.91. The highest BCUT2D eigenvalue weighted by molar-refractivity contribution is 5.39. The minimum Gasteiger partial charge on any atom is -0.497 e. The van der Waals surface area contributed by atoms with E-state index in [0.717, 1.165) is 5.56 Å². The second kappa shape index (κ2) is 5.63. The summed E-state index contributed by atoms with van der Waals surface area (Å²) in [6.45, 7) is 0. The molecule has 0 atom stereocenters. The van der Waals surface area contributed by atoms with Gasteiger partial charge in [-0.05, 0) is 17.7 Å². The second-order valence-corrected chi connectivity index (χ2v) is 3.24. The first-order valence-electron chi connectivity index (χ1n) is 4.74. The lowest BCUT2D eigenvalue weighted by molar-refractivity contribution is 0.393. The van der Waals surface area contributed by atoms with Crippen LogP contribution in [0.3, 0.4) is 0 Å². The Bertz CT molecular complexity index is 407. The Kier molecular flexibility index (Phi) is 4.17. The number of nitriles is 2. The topological polar surface area (TPSA) is 66.0 Å². The van der Waals surface area contributed by atoms with Gasteiger partial charge in [0.25, 0.3) is 0 Å². The molecule has 1 aromatic carbocycles. The lowest BCUT2D eigenvalue weighted by Gasteiger charge is -2.08. The molecule has 0 fully saturated rings. The fourth-order valence-corrected chi connectivity index (χ4v) is 1.34. The lowest BCUT2D eigenvalue weighted by atomic mass is 10.0. The van der Waals surface area contributed by atoms with Gasteiger partial charge in [-0.25, -0.2) is 0 Å². The highest BCUT2D eigenvalue weighted by atomic mass is 16.5. The van der Waals surface area contributed by atoms with Gasteiger partial charge in [-0.1, -0.05) is 0 Å². The van der Waals surface area contributed by atoms with E-state index < -0.39 is 5.92 Å². The van der Waals surface area contributed by atoms with Gasteiger partial charge in [0, 0.05) is 12.5 Å². The number of ether oxygens (including phenoxy) is 2. The van der Waals surface area contributed by atoms with Gasteiger partial charge in [0.2, 0.25) is 0 Å². The van der Waals surface area contributed by atoms with Gasteiger partial charge in [-0.2, -0.15) is 10.5 Å². The Hall–Kier alpha value is -2.20. The minimum atomic E-state index is -0.642. The maximum absolute atomic E-state index is 8.71. The van der Waals surface area contributed by atoms with Crippen molar-refractivity contribution in [3.63, 3.8) is 0 Å². The molecule has 1 aromatic rings. The van der Waals surface area contributed by atoms with Gasteiger partial charge < -0.3 is 9.47 Å². The summed E-state index contributed by atoms with van der Waals surface area (Å²) in [5.74, 6) is 0.671. The summed E-state index contributed by atoms with van der Waals surface area (Å²) >= 11 is 0. The molecule has 0 spiro atoms. The zero-order valence-corrected chi connectivity index (χ0v) is 9.23. The monoisotopic (exact) mass is 216 g/mol. The fraction of sp³-hybridized carbons (Fsp3) is 0.333. The Morgan fingerprint density at radius 1 is 1.06 bits per heavy atom. The van der Waals surface area contributed by atoms with E-state index >= 15 is 0 Å². The number of hydrogen-bond acceptors (Lipinski definition) is 4. The van der Waals surface area contributed by atoms with Crippen LogP contribution < -0.4 is 9.47 Å². The molecule has 0 N–H and O–H groups in total. The van der Waals surface area contributed by atoms with Crippen LogP contribution in [0.15, 0.2) is 18.2 Å². The summed E-state index contributed by atoms with van der Waals surface area (Å²) in [6.07, 6.45) is 0.376. The van der Waals surface area contributed by atoms with Crippen molar-refractivity contribution in [3.05, 3.63) is 23.8 Å². The fourth-order valence-electron chi connectivity index (χ4n) is 1.34. The largest absolute Gasteiger partial charge is 0.497 e. The van der Waals surface area contributed by atoms with E-state index in [1.165, 1.54) is 0 Å². The Morgan fingerprint density at radius 2 is 1.56 bits per heavy atom. The molecule has 16 heavy (non-hydrogen) atoms. The van der Waals surface area contributed by atoms with Crippen molar-refractivity contribution in [1.82, 2.24) is 0 Å². The normalized spacial score (nSPS) is 9.31. The van der Waals surface area contributed by atoms with Crippen molar-refractivity contribution >= 4 is 0 Å². The summed E-state index contributed by atoms with van der Waals surface area (Å²) < 4.78 is 10.2. The number of rotatable bonds is 4. The molecule has 4 heteroatoms. The summed E-state index contributed by atoms with van der Waals surface area (Å²) in [5.41, 5.74) is 0.851. The molecule has 1 rings (SSSR count). The van der Waals surface area contributed by atoms with E-state index in [1.54, 1.807) is 32.4 Å². The van der Waals surface area contributed by atoms with E-state index in [0.29, 0.717) is 17.9 Å². The Labute approximate surface area is 94.6 Å². The van der Waals surface area contributed by atoms with Crippen LogP contribution in [0.25, 0.3) is 0 Å². The molecule has 0 aliphatic rings. The molecule has 0 unspecified atom stereocenters. The molecule has 0 amide bonds. The molecule has 0 bridgehead atoms. The predicted molar refractivity (Wildman–Crippen MR) is 58.0 cm³/mol. The highest BCUT2D eigenvalue weighted by Gasteiger charge is 2.09. The van der Waals surface area contributed by atoms with E-state index in [-0.39, 0.29) is 0 Å². The minimum absolute atomic E-state index is 0.376. The van der Waals surface area contributed by atoms with E-state index in [2.05, 4.69) is 0 Å². The smallest absolute Gasteiger partial charge is 0.137 e. The van der Waals surface area contributed by atoms with Crippen molar-refractivity contribution in [3.8, 4) is 23.6 Å². The quantitative estimate of drug-likeness (QED) is 0.771. The maximum Gasteiger partial charge on any atom is 0.137 e. The average molecular weight is 216 g/mol. The second-order valence-electron chi connectivity index (χ2n) is 3.24. The first kappa shape index (κ1) is 11.9. The first-order chi connectivity index (χ1) is 7.73. The molecule has 4 nitrogen and oxygen atoms in total. The molecule has 82 valence electrons. The number of benzene rings is 1. The SMILES string of the molecule is COc1cc(CC(C#N)C#N)cc(OC)c1. The van der Waals surface area contributed by atoms with Crippen LogP contribution in [0.2, 0.25) is 0 Å². The molecule has 0 heterocycles. The third kappa shape index (κ3) is 2.90. The van der Waals surface area contributed by atoms with Crippen LogP contribution >= 0.6 is 0 Å². The van der Waals surface area contributed by atoms with Crippen LogP contribution in [0.5, 0.6) is 11.5 Å². The van der Waals surface area contributed by atoms with Crippen LogP contribution in [-0.4, -0.2) is 14.2 Å². The van der Waals surface area contributed by atoms with Crippen molar-refractivity contribution in [1.29, 1.82) is 10.5 Å². The highest BCUT2D eigenvalue weighted by Crippen LogP contribution is 2.23. The van der Waals surface area contributed by atoms with Crippen LogP contribution in [-0.2, 0) is 6.42 Å². The van der Waals surface area contributed by atoms with Gasteiger partial charge >= 0.3 is 0 Å². The van der Waals surface area contributed by atoms with Crippen LogP contribution in [0, 0.1) is 28.6 Å². The van der Waals surface area contributed by atoms with Crippen LogP contribution in [0.1, 0.15) is 5.56 Å². The molecule has 0 aromatic heterocycles. The number of nitrogens with zero attached hydrogens (tertiary/aromatic N) is 2. The molecule has 0 aliphatic carbocycles. The Balaban J connectivity index is 2.96. The Morgan fingerprint density at radius 3 is 1.94 bits per heavy atom. The molecule has 0 saturated carbocycles. The zero-order chi connectivity index (χ0) is 12.0. The number of hydrogen-bond donors (Lipinski definition) is 0. The lowest BCUT2D eigenvalue weighted by Crippen LogP contribution is -1.99. The van der Waals surface area contributed by atoms with Gasteiger partial charge in [-0.15, -0.1) is 0 Å². The number of methoxy groups -OCH3 is 2. The van der Waals surface area contributed by atoms with E-state index in [9.17, 15) is 0 Å². The van der Waals surface area contributed by atoms with Gasteiger partial charge in [0.1, 0.15) is 17.4 Å². The van der Waals surface area contributed by atoms with Gasteiger partial charge in [0.05, 0.1) is 26.4 Å². The third-order valence-electron chi connectivity index (χ3n) is 2.16. The standard InChI is InChI=1S/C12H12N2O2/c1-15-11-4-9(3-10(7-13)8-14)5-12(6-11)16-2/h4-6,10H,3H2,1-2H3. The zero-order valence-electron chi connectivity index (χ0n) is 9.23. The van der Waals surface area contributed by atoms with Crippen LogP contribution in [0.4, 0.5) is 0 Å². The molecule has 0 aliphatic heterocycles. The van der Waals surface area contributed by atoms with Crippen molar-refractivity contribution in [2.45, 2.75) is 6.42 Å². The first-order valence-corrected chi connectivity index (χ1v) is 4.74. The third-order valence-corrected chi connectivity index (χ3v) is 2.16. The van der Waals surface area contributed by atoms with Crippen molar-refractivity contribution < 1.29 is 9.47 Å². The maximum atomic E-state index is 8.71. The average Bonchev–Trinajstić information content (AvgIpc) is 2.35. The van der Waals surface area contributed by atoms with E-state index in [1.807, 2.05) is 12.1 Å². The summed E-state index contributed by atoms with van der Waals surface area (Å²) in [5, 5.41) is 17.4. The molecule has 0 saturated heterocycles. The van der Waals surface area contributed by atoms with Gasteiger partial charge in [-0.3, -0.25) is 0 Å². The van der Waals surface area contributed by atoms with E-state index in [4.69, 9.17) is 20.0 Å².